The van der Waals surface area contributed by atoms with Gasteiger partial charge in [-0.25, -0.2) is 0 Å². The fourth-order valence-electron chi connectivity index (χ4n) is 3.98. The summed E-state index contributed by atoms with van der Waals surface area (Å²) in [7, 11) is 6.28. The zero-order valence-corrected chi connectivity index (χ0v) is 17.9. The lowest BCUT2D eigenvalue weighted by Crippen LogP contribution is -2.38. The van der Waals surface area contributed by atoms with E-state index in [1.165, 1.54) is 0 Å². The Bertz CT molecular complexity index is 1060. The molecule has 1 N–H and O–H groups in total. The highest BCUT2D eigenvalue weighted by Crippen LogP contribution is 2.44. The van der Waals surface area contributed by atoms with Gasteiger partial charge in [0.05, 0.1) is 32.5 Å². The second-order valence-electron chi connectivity index (χ2n) is 7.10. The van der Waals surface area contributed by atoms with Crippen LogP contribution in [0.1, 0.15) is 27.7 Å². The van der Waals surface area contributed by atoms with Crippen molar-refractivity contribution >= 4 is 5.91 Å². The normalized spacial score (nSPS) is 15.5. The van der Waals surface area contributed by atoms with Crippen LogP contribution in [0.5, 0.6) is 11.5 Å². The maximum absolute atomic E-state index is 13.4. The molecule has 2 heterocycles. The predicted octanol–water partition coefficient (Wildman–Crippen LogP) is 3.26. The van der Waals surface area contributed by atoms with Crippen LogP contribution in [0.15, 0.2) is 48.5 Å². The molecule has 0 radical (unpaired) electrons. The Kier molecular flexibility index (Phi) is 5.92. The van der Waals surface area contributed by atoms with Crippen molar-refractivity contribution in [1.29, 1.82) is 0 Å². The summed E-state index contributed by atoms with van der Waals surface area (Å²) in [6, 6.07) is 15.0. The van der Waals surface area contributed by atoms with E-state index in [0.29, 0.717) is 17.2 Å². The molecule has 0 bridgehead atoms. The lowest BCUT2D eigenvalue weighted by Gasteiger charge is -2.29. The van der Waals surface area contributed by atoms with Crippen LogP contribution in [0, 0.1) is 0 Å². The topological polar surface area (TPSA) is 85.9 Å². The number of carbonyl (C=O) groups excluding carboxylic acids is 1. The van der Waals surface area contributed by atoms with E-state index in [0.717, 1.165) is 22.4 Å². The number of benzene rings is 2. The second-order valence-corrected chi connectivity index (χ2v) is 7.10. The van der Waals surface area contributed by atoms with E-state index in [2.05, 4.69) is 10.2 Å². The first-order chi connectivity index (χ1) is 15.1. The zero-order chi connectivity index (χ0) is 22.0. The van der Waals surface area contributed by atoms with Gasteiger partial charge in [-0.1, -0.05) is 36.4 Å². The Labute approximate surface area is 180 Å². The SMILES string of the molecule is COc1ccc(C2c3c(-c4ccccc4)n[nH]c3C(=O)N2CC(OC)OC)cc1OC. The van der Waals surface area contributed by atoms with Crippen molar-refractivity contribution in [3.05, 3.63) is 65.4 Å². The molecule has 1 aromatic heterocycles. The van der Waals surface area contributed by atoms with E-state index in [9.17, 15) is 4.79 Å². The van der Waals surface area contributed by atoms with Gasteiger partial charge in [-0.15, -0.1) is 0 Å². The number of hydrogen-bond donors (Lipinski definition) is 1. The van der Waals surface area contributed by atoms with Crippen LogP contribution in [0.4, 0.5) is 0 Å². The van der Waals surface area contributed by atoms with Crippen LogP contribution >= 0.6 is 0 Å². The van der Waals surface area contributed by atoms with Crippen LogP contribution in [-0.2, 0) is 9.47 Å². The highest BCUT2D eigenvalue weighted by molar-refractivity contribution is 6.00. The number of fused-ring (bicyclic) bond motifs is 1. The minimum absolute atomic E-state index is 0.163. The maximum atomic E-state index is 13.4. The van der Waals surface area contributed by atoms with E-state index >= 15 is 0 Å². The van der Waals surface area contributed by atoms with Gasteiger partial charge in [-0.3, -0.25) is 9.89 Å². The quantitative estimate of drug-likeness (QED) is 0.560. The van der Waals surface area contributed by atoms with Crippen LogP contribution < -0.4 is 9.47 Å². The fourth-order valence-corrected chi connectivity index (χ4v) is 3.98. The molecule has 1 amide bonds. The minimum Gasteiger partial charge on any atom is -0.493 e. The van der Waals surface area contributed by atoms with Crippen LogP contribution in [0.2, 0.25) is 0 Å². The van der Waals surface area contributed by atoms with Crippen molar-refractivity contribution in [2.45, 2.75) is 12.3 Å². The Morgan fingerprint density at radius 2 is 1.71 bits per heavy atom. The minimum atomic E-state index is -0.566. The monoisotopic (exact) mass is 423 g/mol. The molecular weight excluding hydrogens is 398 g/mol. The van der Waals surface area contributed by atoms with Crippen LogP contribution in [0.3, 0.4) is 0 Å². The van der Waals surface area contributed by atoms with Crippen LogP contribution in [-0.4, -0.2) is 62.3 Å². The molecule has 0 spiro atoms. The molecule has 2 aromatic carbocycles. The van der Waals surface area contributed by atoms with Gasteiger partial charge in [-0.2, -0.15) is 5.10 Å². The molecule has 8 nitrogen and oxygen atoms in total. The Balaban J connectivity index is 1.87. The predicted molar refractivity (Wildman–Crippen MR) is 114 cm³/mol. The molecule has 162 valence electrons. The van der Waals surface area contributed by atoms with Crippen molar-refractivity contribution in [2.24, 2.45) is 0 Å². The fraction of sp³-hybridized carbons (Fsp3) is 0.304. The van der Waals surface area contributed by atoms with Crippen molar-refractivity contribution < 1.29 is 23.7 Å². The maximum Gasteiger partial charge on any atom is 0.273 e. The summed E-state index contributed by atoms with van der Waals surface area (Å²) < 4.78 is 21.6. The standard InChI is InChI=1S/C23H25N3O5/c1-28-16-11-10-15(12-17(16)29-2)22-19-20(14-8-6-5-7-9-14)24-25-21(19)23(27)26(22)13-18(30-3)31-4/h5-12,18,22H,13H2,1-4H3,(H,24,25). The van der Waals surface area contributed by atoms with Gasteiger partial charge in [-0.05, 0) is 17.7 Å². The van der Waals surface area contributed by atoms with Gasteiger partial charge in [0.1, 0.15) is 5.69 Å². The summed E-state index contributed by atoms with van der Waals surface area (Å²) in [5, 5.41) is 7.42. The Morgan fingerprint density at radius 3 is 2.35 bits per heavy atom. The number of aromatic nitrogens is 2. The first-order valence-electron chi connectivity index (χ1n) is 9.85. The molecule has 0 fully saturated rings. The van der Waals surface area contributed by atoms with E-state index in [4.69, 9.17) is 18.9 Å². The smallest absolute Gasteiger partial charge is 0.273 e. The summed E-state index contributed by atoms with van der Waals surface area (Å²) >= 11 is 0. The first-order valence-corrected chi connectivity index (χ1v) is 9.85. The van der Waals surface area contributed by atoms with Gasteiger partial charge in [0.15, 0.2) is 17.8 Å². The molecule has 8 heteroatoms. The summed E-state index contributed by atoms with van der Waals surface area (Å²) in [4.78, 5) is 15.1. The molecule has 4 rings (SSSR count). The molecule has 31 heavy (non-hydrogen) atoms. The van der Waals surface area contributed by atoms with E-state index in [1.807, 2.05) is 48.5 Å². The number of nitrogens with one attached hydrogen (secondary N) is 1. The molecule has 1 aliphatic heterocycles. The van der Waals surface area contributed by atoms with Gasteiger partial charge in [0.2, 0.25) is 0 Å². The second kappa shape index (κ2) is 8.79. The molecule has 0 saturated heterocycles. The van der Waals surface area contributed by atoms with Gasteiger partial charge >= 0.3 is 0 Å². The van der Waals surface area contributed by atoms with E-state index < -0.39 is 12.3 Å². The molecular formula is C23H25N3O5. The van der Waals surface area contributed by atoms with Gasteiger partial charge < -0.3 is 23.8 Å². The number of amides is 1. The summed E-state index contributed by atoms with van der Waals surface area (Å²) in [5.74, 6) is 1.04. The Hall–Kier alpha value is -3.36. The molecule has 1 atom stereocenters. The van der Waals surface area contributed by atoms with Crippen LogP contribution in [0.25, 0.3) is 11.3 Å². The van der Waals surface area contributed by atoms with Crippen molar-refractivity contribution in [1.82, 2.24) is 15.1 Å². The summed E-state index contributed by atoms with van der Waals surface area (Å²) in [6.45, 7) is 0.252. The summed E-state index contributed by atoms with van der Waals surface area (Å²) in [6.07, 6.45) is -0.566. The van der Waals surface area contributed by atoms with E-state index in [-0.39, 0.29) is 12.5 Å². The first kappa shape index (κ1) is 20.9. The molecule has 1 unspecified atom stereocenters. The lowest BCUT2D eigenvalue weighted by atomic mass is 9.95. The number of rotatable bonds is 8. The zero-order valence-electron chi connectivity index (χ0n) is 17.9. The summed E-state index contributed by atoms with van der Waals surface area (Å²) in [5.41, 5.74) is 3.81. The average Bonchev–Trinajstić information content (AvgIpc) is 3.36. The number of methoxy groups -OCH3 is 4. The van der Waals surface area contributed by atoms with Gasteiger partial charge in [0.25, 0.3) is 5.91 Å². The van der Waals surface area contributed by atoms with Gasteiger partial charge in [0, 0.05) is 25.3 Å². The number of ether oxygens (including phenoxy) is 4. The molecule has 3 aromatic rings. The number of H-pyrrole nitrogens is 1. The highest BCUT2D eigenvalue weighted by atomic mass is 16.7. The number of hydrogen-bond acceptors (Lipinski definition) is 6. The highest BCUT2D eigenvalue weighted by Gasteiger charge is 2.43. The van der Waals surface area contributed by atoms with Crippen molar-refractivity contribution in [2.75, 3.05) is 35.0 Å². The van der Waals surface area contributed by atoms with E-state index in [1.54, 1.807) is 33.3 Å². The molecule has 1 aliphatic rings. The number of aromatic amines is 1. The molecule has 0 aliphatic carbocycles. The third-order valence-corrected chi connectivity index (χ3v) is 5.51. The van der Waals surface area contributed by atoms with Crippen molar-refractivity contribution in [3.8, 4) is 22.8 Å². The third-order valence-electron chi connectivity index (χ3n) is 5.51. The number of carbonyl (C=O) groups is 1. The molecule has 0 saturated carbocycles. The average molecular weight is 423 g/mol. The van der Waals surface area contributed by atoms with Crippen molar-refractivity contribution in [3.63, 3.8) is 0 Å². The largest absolute Gasteiger partial charge is 0.493 e. The Morgan fingerprint density at radius 1 is 1.00 bits per heavy atom. The lowest BCUT2D eigenvalue weighted by molar-refractivity contribution is -0.113. The third kappa shape index (κ3) is 3.64. The number of nitrogens with zero attached hydrogens (tertiary/aromatic N) is 2.